The van der Waals surface area contributed by atoms with Crippen LogP contribution in [0.1, 0.15) is 26.3 Å². The molecule has 0 fully saturated rings. The minimum atomic E-state index is -4.03. The Labute approximate surface area is 136 Å². The minimum absolute atomic E-state index is 0.0272. The third-order valence-electron chi connectivity index (χ3n) is 3.73. The second-order valence-corrected chi connectivity index (χ2v) is 7.40. The van der Waals surface area contributed by atoms with Gasteiger partial charge in [0, 0.05) is 0 Å². The van der Waals surface area contributed by atoms with E-state index in [1.807, 2.05) is 11.6 Å². The van der Waals surface area contributed by atoms with Gasteiger partial charge in [-0.25, -0.2) is 17.9 Å². The molecule has 0 aliphatic rings. The second kappa shape index (κ2) is 6.99. The average molecular weight is 342 g/mol. The Morgan fingerprint density at radius 3 is 2.13 bits per heavy atom. The van der Waals surface area contributed by atoms with Crippen molar-refractivity contribution in [2.45, 2.75) is 38.1 Å². The highest BCUT2D eigenvalue weighted by Crippen LogP contribution is 2.19. The topological polar surface area (TPSA) is 102 Å². The number of benzene rings is 1. The number of ether oxygens (including phenoxy) is 1. The smallest absolute Gasteiger partial charge is 0.407 e. The second-order valence-electron chi connectivity index (χ2n) is 5.72. The lowest BCUT2D eigenvalue weighted by Gasteiger charge is -2.32. The Kier molecular flexibility index (Phi) is 5.76. The van der Waals surface area contributed by atoms with Gasteiger partial charge in [-0.3, -0.25) is 4.79 Å². The summed E-state index contributed by atoms with van der Waals surface area (Å²) >= 11 is 0. The molecule has 23 heavy (non-hydrogen) atoms. The molecule has 8 heteroatoms. The van der Waals surface area contributed by atoms with E-state index in [2.05, 4.69) is 10.1 Å². The molecular weight excluding hydrogens is 320 g/mol. The molecule has 128 valence electrons. The number of nitrogens with one attached hydrogen (secondary N) is 2. The molecule has 0 saturated carbocycles. The van der Waals surface area contributed by atoms with Crippen molar-refractivity contribution in [1.82, 2.24) is 10.0 Å². The van der Waals surface area contributed by atoms with Crippen LogP contribution in [0.15, 0.2) is 29.2 Å². The number of methoxy groups -OCH3 is 1. The van der Waals surface area contributed by atoms with E-state index in [4.69, 9.17) is 0 Å². The number of hydrogen-bond donors (Lipinski definition) is 2. The molecule has 0 aromatic heterocycles. The first kappa shape index (κ1) is 19.0. The van der Waals surface area contributed by atoms with Crippen LogP contribution in [0.25, 0.3) is 0 Å². The van der Waals surface area contributed by atoms with Gasteiger partial charge in [0.2, 0.25) is 0 Å². The highest BCUT2D eigenvalue weighted by Gasteiger charge is 2.40. The van der Waals surface area contributed by atoms with E-state index in [-0.39, 0.29) is 10.8 Å². The van der Waals surface area contributed by atoms with Gasteiger partial charge < -0.3 is 10.1 Å². The third kappa shape index (κ3) is 4.44. The number of hydrogen-bond acceptors (Lipinski definition) is 5. The van der Waals surface area contributed by atoms with Crippen LogP contribution in [0.3, 0.4) is 0 Å². The molecule has 2 N–H and O–H groups in total. The van der Waals surface area contributed by atoms with Crippen LogP contribution in [0, 0.1) is 12.8 Å². The summed E-state index contributed by atoms with van der Waals surface area (Å²) < 4.78 is 31.1. The van der Waals surface area contributed by atoms with Gasteiger partial charge in [-0.1, -0.05) is 31.5 Å². The maximum Gasteiger partial charge on any atom is 0.407 e. The number of carbonyl (C=O) groups is 2. The Balaban J connectivity index is 3.06. The maximum atomic E-state index is 12.5. The van der Waals surface area contributed by atoms with E-state index < -0.39 is 27.6 Å². The molecule has 1 unspecified atom stereocenters. The molecule has 1 aromatic carbocycles. The molecular formula is C15H22N2O5S. The summed E-state index contributed by atoms with van der Waals surface area (Å²) in [5, 5.41) is 2.39. The first-order valence-corrected chi connectivity index (χ1v) is 8.51. The van der Waals surface area contributed by atoms with Crippen molar-refractivity contribution in [3.8, 4) is 0 Å². The lowest BCUT2D eigenvalue weighted by Crippen LogP contribution is -2.60. The third-order valence-corrected chi connectivity index (χ3v) is 5.08. The molecule has 0 aliphatic carbocycles. The van der Waals surface area contributed by atoms with Crippen LogP contribution in [0.4, 0.5) is 4.79 Å². The summed E-state index contributed by atoms with van der Waals surface area (Å²) in [6.45, 7) is 6.64. The summed E-state index contributed by atoms with van der Waals surface area (Å²) in [6.07, 6.45) is -0.816. The van der Waals surface area contributed by atoms with Gasteiger partial charge in [0.1, 0.15) is 5.54 Å². The predicted octanol–water partition coefficient (Wildman–Crippen LogP) is 1.57. The Hall–Kier alpha value is -2.09. The molecule has 1 rings (SSSR count). The van der Waals surface area contributed by atoms with Crippen LogP contribution in [-0.2, 0) is 19.6 Å². The minimum Gasteiger partial charge on any atom is -0.453 e. The maximum absolute atomic E-state index is 12.5. The monoisotopic (exact) mass is 342 g/mol. The molecule has 0 heterocycles. The average Bonchev–Trinajstić information content (AvgIpc) is 2.46. The zero-order chi connectivity index (χ0) is 17.8. The Bertz CT molecular complexity index is 682. The highest BCUT2D eigenvalue weighted by atomic mass is 32.2. The van der Waals surface area contributed by atoms with Crippen molar-refractivity contribution in [2.24, 2.45) is 5.92 Å². The molecule has 7 nitrogen and oxygen atoms in total. The summed E-state index contributed by atoms with van der Waals surface area (Å²) in [6, 6.07) is 6.08. The fourth-order valence-corrected chi connectivity index (χ4v) is 2.80. The van der Waals surface area contributed by atoms with Crippen molar-refractivity contribution in [3.05, 3.63) is 29.8 Å². The van der Waals surface area contributed by atoms with E-state index in [0.717, 1.165) is 12.7 Å². The van der Waals surface area contributed by atoms with Gasteiger partial charge >= 0.3 is 6.09 Å². The van der Waals surface area contributed by atoms with Crippen LogP contribution in [-0.4, -0.2) is 33.1 Å². The highest BCUT2D eigenvalue weighted by molar-refractivity contribution is 7.90. The Morgan fingerprint density at radius 2 is 1.70 bits per heavy atom. The Morgan fingerprint density at radius 1 is 1.17 bits per heavy atom. The molecule has 0 aliphatic heterocycles. The molecule has 0 spiro atoms. The summed E-state index contributed by atoms with van der Waals surface area (Å²) in [7, 11) is -2.86. The van der Waals surface area contributed by atoms with Crippen molar-refractivity contribution in [3.63, 3.8) is 0 Å². The van der Waals surface area contributed by atoms with Crippen LogP contribution < -0.4 is 10.0 Å². The number of alkyl carbamates (subject to hydrolysis) is 1. The summed E-state index contributed by atoms with van der Waals surface area (Å²) in [5.41, 5.74) is -0.542. The molecule has 1 aromatic rings. The van der Waals surface area contributed by atoms with Crippen molar-refractivity contribution in [1.29, 1.82) is 0 Å². The zero-order valence-corrected chi connectivity index (χ0v) is 14.7. The van der Waals surface area contributed by atoms with Gasteiger partial charge in [0.05, 0.1) is 12.0 Å². The van der Waals surface area contributed by atoms with E-state index in [0.29, 0.717) is 0 Å². The number of amides is 2. The van der Waals surface area contributed by atoms with E-state index in [9.17, 15) is 18.0 Å². The van der Waals surface area contributed by atoms with E-state index in [1.165, 1.54) is 19.1 Å². The summed E-state index contributed by atoms with van der Waals surface area (Å²) in [4.78, 5) is 23.9. The zero-order valence-electron chi connectivity index (χ0n) is 13.8. The van der Waals surface area contributed by atoms with Crippen molar-refractivity contribution >= 4 is 22.0 Å². The molecule has 1 atom stereocenters. The fourth-order valence-electron chi connectivity index (χ4n) is 1.73. The molecule has 0 radical (unpaired) electrons. The predicted molar refractivity (Wildman–Crippen MR) is 85.3 cm³/mol. The van der Waals surface area contributed by atoms with Crippen LogP contribution in [0.5, 0.6) is 0 Å². The molecule has 0 bridgehead atoms. The lowest BCUT2D eigenvalue weighted by molar-refractivity contribution is -0.126. The SMILES string of the molecule is COC(=O)NC(C)(C(=O)NS(=O)(=O)c1ccc(C)cc1)C(C)C. The molecule has 0 saturated heterocycles. The largest absolute Gasteiger partial charge is 0.453 e. The number of carbonyl (C=O) groups excluding carboxylic acids is 2. The van der Waals surface area contributed by atoms with Gasteiger partial charge in [-0.15, -0.1) is 0 Å². The van der Waals surface area contributed by atoms with Gasteiger partial charge in [0.15, 0.2) is 0 Å². The normalized spacial score (nSPS) is 14.0. The number of aryl methyl sites for hydroxylation is 1. The lowest BCUT2D eigenvalue weighted by atomic mass is 9.88. The first-order chi connectivity index (χ1) is 10.5. The van der Waals surface area contributed by atoms with Gasteiger partial charge in [0.25, 0.3) is 15.9 Å². The van der Waals surface area contributed by atoms with Crippen LogP contribution in [0.2, 0.25) is 0 Å². The van der Waals surface area contributed by atoms with Crippen molar-refractivity contribution in [2.75, 3.05) is 7.11 Å². The van der Waals surface area contributed by atoms with Crippen LogP contribution >= 0.6 is 0 Å². The molecule has 2 amide bonds. The number of sulfonamides is 1. The van der Waals surface area contributed by atoms with Crippen molar-refractivity contribution < 1.29 is 22.7 Å². The number of rotatable bonds is 5. The van der Waals surface area contributed by atoms with E-state index >= 15 is 0 Å². The fraction of sp³-hybridized carbons (Fsp3) is 0.467. The summed E-state index contributed by atoms with van der Waals surface area (Å²) in [5.74, 6) is -1.20. The standard InChI is InChI=1S/C15H22N2O5S/c1-10(2)15(4,16-14(19)22-5)13(18)17-23(20,21)12-8-6-11(3)7-9-12/h6-10H,1-5H3,(H,16,19)(H,17,18). The van der Waals surface area contributed by atoms with Gasteiger partial charge in [-0.05, 0) is 31.9 Å². The van der Waals surface area contributed by atoms with E-state index in [1.54, 1.807) is 26.0 Å². The quantitative estimate of drug-likeness (QED) is 0.846. The first-order valence-electron chi connectivity index (χ1n) is 7.03. The van der Waals surface area contributed by atoms with Gasteiger partial charge in [-0.2, -0.15) is 0 Å².